The lowest BCUT2D eigenvalue weighted by molar-refractivity contribution is -0.107. The Hall–Kier alpha value is -1.68. The minimum atomic E-state index is 0.427. The largest absolute Gasteiger partial charge is 0.375 e. The number of hydrogen-bond acceptors (Lipinski definition) is 4. The van der Waals surface area contributed by atoms with Gasteiger partial charge in [-0.25, -0.2) is 4.98 Å². The summed E-state index contributed by atoms with van der Waals surface area (Å²) in [5, 5.41) is 0.571. The van der Waals surface area contributed by atoms with Crippen molar-refractivity contribution in [3.63, 3.8) is 0 Å². The molecule has 3 nitrogen and oxygen atoms in total. The lowest BCUT2D eigenvalue weighted by Gasteiger charge is -1.93. The second-order valence-corrected chi connectivity index (χ2v) is 4.11. The van der Waals surface area contributed by atoms with Crippen molar-refractivity contribution in [2.45, 2.75) is 6.42 Å². The molecule has 1 heterocycles. The van der Waals surface area contributed by atoms with Crippen molar-refractivity contribution >= 4 is 39.0 Å². The summed E-state index contributed by atoms with van der Waals surface area (Å²) in [6.07, 6.45) is 5.01. The smallest absolute Gasteiger partial charge is 0.181 e. The molecule has 0 fully saturated rings. The van der Waals surface area contributed by atoms with Gasteiger partial charge in [-0.1, -0.05) is 35.6 Å². The second kappa shape index (κ2) is 4.23. The van der Waals surface area contributed by atoms with Crippen molar-refractivity contribution in [2.24, 2.45) is 0 Å². The summed E-state index contributed by atoms with van der Waals surface area (Å²) >= 11 is 1.47. The summed E-state index contributed by atoms with van der Waals surface area (Å²) < 4.78 is 1.07. The number of carbonyl (C=O) groups excluding carboxylic acids is 1. The monoisotopic (exact) mass is 218 g/mol. The zero-order valence-corrected chi connectivity index (χ0v) is 8.83. The van der Waals surface area contributed by atoms with E-state index in [0.717, 1.165) is 22.1 Å². The molecule has 0 aliphatic heterocycles. The molecule has 0 radical (unpaired) electrons. The quantitative estimate of drug-likeness (QED) is 0.805. The van der Waals surface area contributed by atoms with Crippen LogP contribution in [0.2, 0.25) is 0 Å². The average Bonchev–Trinajstić information content (AvgIpc) is 2.59. The number of aromatic nitrogens is 1. The molecule has 0 bridgehead atoms. The van der Waals surface area contributed by atoms with Crippen LogP contribution < -0.4 is 5.73 Å². The molecule has 76 valence electrons. The Kier molecular flexibility index (Phi) is 2.78. The fourth-order valence-corrected chi connectivity index (χ4v) is 2.14. The molecule has 0 saturated heterocycles. The first-order valence-corrected chi connectivity index (χ1v) is 5.38. The van der Waals surface area contributed by atoms with Crippen molar-refractivity contribution in [2.75, 3.05) is 5.73 Å². The van der Waals surface area contributed by atoms with Crippen LogP contribution in [0.25, 0.3) is 16.3 Å². The van der Waals surface area contributed by atoms with E-state index in [1.807, 2.05) is 30.4 Å². The number of fused-ring (bicyclic) bond motifs is 1. The predicted octanol–water partition coefficient (Wildman–Crippen LogP) is 2.48. The molecule has 1 aromatic heterocycles. The first-order chi connectivity index (χ1) is 7.31. The van der Waals surface area contributed by atoms with Crippen LogP contribution in [0.15, 0.2) is 24.3 Å². The molecule has 0 unspecified atom stereocenters. The topological polar surface area (TPSA) is 56.0 Å². The van der Waals surface area contributed by atoms with Crippen molar-refractivity contribution in [1.82, 2.24) is 4.98 Å². The van der Waals surface area contributed by atoms with Crippen LogP contribution in [0.4, 0.5) is 5.13 Å². The minimum Gasteiger partial charge on any atom is -0.375 e. The van der Waals surface area contributed by atoms with Gasteiger partial charge in [0.25, 0.3) is 0 Å². The maximum Gasteiger partial charge on any atom is 0.181 e. The van der Waals surface area contributed by atoms with Gasteiger partial charge in [0, 0.05) is 12.0 Å². The van der Waals surface area contributed by atoms with E-state index < -0.39 is 0 Å². The summed E-state index contributed by atoms with van der Waals surface area (Å²) in [6, 6.07) is 5.91. The van der Waals surface area contributed by atoms with Crippen molar-refractivity contribution in [3.05, 3.63) is 29.8 Å². The van der Waals surface area contributed by atoms with Gasteiger partial charge in [-0.3, -0.25) is 0 Å². The standard InChI is InChI=1S/C11H10N2OS/c12-11-13-10-8(4-1-2-7-14)5-3-6-9(10)15-11/h1,3-7H,2H2,(H2,12,13). The molecule has 0 amide bonds. The lowest BCUT2D eigenvalue weighted by Crippen LogP contribution is -1.81. The molecule has 0 atom stereocenters. The van der Waals surface area contributed by atoms with E-state index in [0.29, 0.717) is 11.6 Å². The van der Waals surface area contributed by atoms with E-state index in [1.165, 1.54) is 11.3 Å². The number of aldehydes is 1. The first kappa shape index (κ1) is 9.86. The Morgan fingerprint density at radius 1 is 1.47 bits per heavy atom. The summed E-state index contributed by atoms with van der Waals surface area (Å²) in [7, 11) is 0. The van der Waals surface area contributed by atoms with E-state index in [1.54, 1.807) is 0 Å². The predicted molar refractivity (Wildman–Crippen MR) is 63.7 cm³/mol. The number of nitrogens with zero attached hydrogens (tertiary/aromatic N) is 1. The Labute approximate surface area is 91.2 Å². The van der Waals surface area contributed by atoms with Crippen molar-refractivity contribution in [1.29, 1.82) is 0 Å². The number of para-hydroxylation sites is 1. The Bertz CT molecular complexity index is 516. The molecule has 2 N–H and O–H groups in total. The van der Waals surface area contributed by atoms with Gasteiger partial charge in [0.05, 0.1) is 10.2 Å². The SMILES string of the molecule is Nc1nc2c(C=CCC=O)cccc2s1. The molecule has 2 aromatic rings. The molecule has 0 spiro atoms. The summed E-state index contributed by atoms with van der Waals surface area (Å²) in [4.78, 5) is 14.4. The highest BCUT2D eigenvalue weighted by molar-refractivity contribution is 7.22. The Morgan fingerprint density at radius 2 is 2.33 bits per heavy atom. The second-order valence-electron chi connectivity index (χ2n) is 3.05. The highest BCUT2D eigenvalue weighted by Gasteiger charge is 2.03. The van der Waals surface area contributed by atoms with Crippen LogP contribution >= 0.6 is 11.3 Å². The fraction of sp³-hybridized carbons (Fsp3) is 0.0909. The zero-order valence-electron chi connectivity index (χ0n) is 8.01. The van der Waals surface area contributed by atoms with Crippen molar-refractivity contribution < 1.29 is 4.79 Å². The molecule has 1 aromatic carbocycles. The normalized spacial score (nSPS) is 11.2. The van der Waals surface area contributed by atoms with Gasteiger partial charge >= 0.3 is 0 Å². The number of carbonyl (C=O) groups is 1. The Morgan fingerprint density at radius 3 is 3.13 bits per heavy atom. The number of nitrogen functional groups attached to an aromatic ring is 1. The highest BCUT2D eigenvalue weighted by Crippen LogP contribution is 2.26. The third kappa shape index (κ3) is 2.05. The molecular weight excluding hydrogens is 208 g/mol. The lowest BCUT2D eigenvalue weighted by atomic mass is 10.2. The molecule has 4 heteroatoms. The highest BCUT2D eigenvalue weighted by atomic mass is 32.1. The number of benzene rings is 1. The summed E-state index contributed by atoms with van der Waals surface area (Å²) in [5.41, 5.74) is 7.55. The number of hydrogen-bond donors (Lipinski definition) is 1. The van der Waals surface area contributed by atoms with E-state index in [4.69, 9.17) is 5.73 Å². The number of rotatable bonds is 3. The number of anilines is 1. The Balaban J connectivity index is 2.45. The average molecular weight is 218 g/mol. The van der Waals surface area contributed by atoms with Crippen LogP contribution in [0.1, 0.15) is 12.0 Å². The first-order valence-electron chi connectivity index (χ1n) is 4.56. The molecule has 0 aliphatic rings. The van der Waals surface area contributed by atoms with Gasteiger partial charge in [-0.15, -0.1) is 0 Å². The maximum atomic E-state index is 10.2. The zero-order chi connectivity index (χ0) is 10.7. The van der Waals surface area contributed by atoms with Gasteiger partial charge in [-0.05, 0) is 6.07 Å². The van der Waals surface area contributed by atoms with Crippen LogP contribution in [0.5, 0.6) is 0 Å². The van der Waals surface area contributed by atoms with Crippen LogP contribution in [0, 0.1) is 0 Å². The molecule has 0 saturated carbocycles. The molecule has 15 heavy (non-hydrogen) atoms. The van der Waals surface area contributed by atoms with Gasteiger partial charge < -0.3 is 10.5 Å². The summed E-state index contributed by atoms with van der Waals surface area (Å²) in [5.74, 6) is 0. The van der Waals surface area contributed by atoms with Gasteiger partial charge in [0.15, 0.2) is 5.13 Å². The van der Waals surface area contributed by atoms with Gasteiger partial charge in [-0.2, -0.15) is 0 Å². The van der Waals surface area contributed by atoms with E-state index in [2.05, 4.69) is 4.98 Å². The van der Waals surface area contributed by atoms with Crippen LogP contribution in [-0.2, 0) is 4.79 Å². The third-order valence-corrected chi connectivity index (χ3v) is 2.85. The number of thiazole rings is 1. The number of nitrogens with two attached hydrogens (primary N) is 1. The van der Waals surface area contributed by atoms with E-state index in [9.17, 15) is 4.79 Å². The van der Waals surface area contributed by atoms with Gasteiger partial charge in [0.2, 0.25) is 0 Å². The maximum absolute atomic E-state index is 10.2. The van der Waals surface area contributed by atoms with E-state index in [-0.39, 0.29) is 0 Å². The number of allylic oxidation sites excluding steroid dienone is 1. The van der Waals surface area contributed by atoms with Crippen LogP contribution in [-0.4, -0.2) is 11.3 Å². The summed E-state index contributed by atoms with van der Waals surface area (Å²) in [6.45, 7) is 0. The molecule has 0 aliphatic carbocycles. The molecular formula is C11H10N2OS. The molecule has 2 rings (SSSR count). The van der Waals surface area contributed by atoms with Crippen molar-refractivity contribution in [3.8, 4) is 0 Å². The fourth-order valence-electron chi connectivity index (χ4n) is 1.37. The minimum absolute atomic E-state index is 0.427. The van der Waals surface area contributed by atoms with Gasteiger partial charge in [0.1, 0.15) is 6.29 Å². The third-order valence-electron chi connectivity index (χ3n) is 2.00. The van der Waals surface area contributed by atoms with E-state index >= 15 is 0 Å². The van der Waals surface area contributed by atoms with Crippen LogP contribution in [0.3, 0.4) is 0 Å².